The molecule has 1 aliphatic heterocycles. The number of aromatic carboxylic acids is 1. The lowest BCUT2D eigenvalue weighted by Crippen LogP contribution is -2.40. The summed E-state index contributed by atoms with van der Waals surface area (Å²) in [6.45, 7) is 2.47. The molecule has 0 radical (unpaired) electrons. The number of rotatable bonds is 7. The first-order valence-electron chi connectivity index (χ1n) is 11.9. The molecule has 4 rings (SSSR count). The Morgan fingerprint density at radius 3 is 2.43 bits per heavy atom. The molecule has 0 aliphatic carbocycles. The van der Waals surface area contributed by atoms with E-state index in [1.807, 2.05) is 35.2 Å². The molecule has 0 saturated heterocycles. The zero-order valence-electron chi connectivity index (χ0n) is 20.7. The van der Waals surface area contributed by atoms with Gasteiger partial charge < -0.3 is 10.0 Å². The summed E-state index contributed by atoms with van der Waals surface area (Å²) < 4.78 is 58.6. The number of carboxylic acids is 1. The quantitative estimate of drug-likeness (QED) is 0.347. The highest BCUT2D eigenvalue weighted by Crippen LogP contribution is 2.44. The lowest BCUT2D eigenvalue weighted by atomic mass is 10.0. The molecule has 0 fully saturated rings. The van der Waals surface area contributed by atoms with E-state index in [4.69, 9.17) is 0 Å². The number of carbonyl (C=O) groups is 1. The SMILES string of the molecule is CCCCC1CN(c2ccccc2)c2cc(SC)c(-c3ccc(F)c(C(=O)O)c3F)cc2S(=O)(=O)N1C. The number of anilines is 2. The normalized spacial score (nSPS) is 17.3. The molecule has 37 heavy (non-hydrogen) atoms. The number of fused-ring (bicyclic) bond motifs is 1. The van der Waals surface area contributed by atoms with Crippen LogP contribution >= 0.6 is 11.8 Å². The van der Waals surface area contributed by atoms with Gasteiger partial charge in [0, 0.05) is 35.8 Å². The van der Waals surface area contributed by atoms with Crippen molar-refractivity contribution < 1.29 is 27.1 Å². The number of thioether (sulfide) groups is 1. The second-order valence-electron chi connectivity index (χ2n) is 8.87. The molecule has 0 bridgehead atoms. The molecule has 0 aromatic heterocycles. The standard InChI is InChI=1S/C27H28F2N2O4S2/c1-4-5-9-18-16-31(17-10-7-6-8-11-17)22-15-23(36-3)20(14-24(22)37(34,35)30(18)2)19-12-13-21(28)25(26(19)29)27(32)33/h6-8,10-15,18H,4-5,9,16H2,1-3H3,(H,32,33). The Labute approximate surface area is 220 Å². The summed E-state index contributed by atoms with van der Waals surface area (Å²) in [7, 11) is -2.46. The molecular formula is C27H28F2N2O4S2. The monoisotopic (exact) mass is 546 g/mol. The van der Waals surface area contributed by atoms with E-state index < -0.39 is 33.2 Å². The van der Waals surface area contributed by atoms with Crippen LogP contribution < -0.4 is 4.90 Å². The molecule has 196 valence electrons. The van der Waals surface area contributed by atoms with E-state index in [0.717, 1.165) is 30.7 Å². The molecule has 1 unspecified atom stereocenters. The fourth-order valence-electron chi connectivity index (χ4n) is 4.64. The van der Waals surface area contributed by atoms with Crippen LogP contribution in [0.15, 0.2) is 64.4 Å². The van der Waals surface area contributed by atoms with Gasteiger partial charge in [-0.05, 0) is 54.6 Å². The van der Waals surface area contributed by atoms with Gasteiger partial charge in [-0.2, -0.15) is 4.31 Å². The molecule has 10 heteroatoms. The van der Waals surface area contributed by atoms with Gasteiger partial charge in [0.2, 0.25) is 10.0 Å². The van der Waals surface area contributed by atoms with E-state index in [2.05, 4.69) is 6.92 Å². The Balaban J connectivity index is 2.02. The minimum absolute atomic E-state index is 0.0220. The van der Waals surface area contributed by atoms with E-state index in [0.29, 0.717) is 23.5 Å². The third-order valence-electron chi connectivity index (χ3n) is 6.69. The Morgan fingerprint density at radius 1 is 1.11 bits per heavy atom. The van der Waals surface area contributed by atoms with E-state index >= 15 is 4.39 Å². The molecule has 6 nitrogen and oxygen atoms in total. The summed E-state index contributed by atoms with van der Waals surface area (Å²) in [5.74, 6) is -4.18. The van der Waals surface area contributed by atoms with Crippen molar-refractivity contribution in [2.24, 2.45) is 0 Å². The third-order valence-corrected chi connectivity index (χ3v) is 9.41. The zero-order chi connectivity index (χ0) is 26.9. The smallest absolute Gasteiger partial charge is 0.341 e. The molecular weight excluding hydrogens is 518 g/mol. The molecule has 3 aromatic rings. The second-order valence-corrected chi connectivity index (χ2v) is 11.7. The van der Waals surface area contributed by atoms with Crippen LogP contribution in [0, 0.1) is 11.6 Å². The van der Waals surface area contributed by atoms with Gasteiger partial charge in [0.15, 0.2) is 0 Å². The van der Waals surface area contributed by atoms with Crippen molar-refractivity contribution in [1.82, 2.24) is 4.31 Å². The highest BCUT2D eigenvalue weighted by atomic mass is 32.2. The van der Waals surface area contributed by atoms with E-state index in [9.17, 15) is 22.7 Å². The van der Waals surface area contributed by atoms with Gasteiger partial charge in [-0.1, -0.05) is 38.0 Å². The van der Waals surface area contributed by atoms with E-state index in [1.54, 1.807) is 19.4 Å². The highest BCUT2D eigenvalue weighted by Gasteiger charge is 2.38. The van der Waals surface area contributed by atoms with Crippen LogP contribution in [0.4, 0.5) is 20.2 Å². The predicted molar refractivity (Wildman–Crippen MR) is 142 cm³/mol. The van der Waals surface area contributed by atoms with Crippen molar-refractivity contribution in [1.29, 1.82) is 0 Å². The van der Waals surface area contributed by atoms with Crippen LogP contribution in [0.2, 0.25) is 0 Å². The number of likely N-dealkylation sites (N-methyl/N-ethyl adjacent to an activating group) is 1. The summed E-state index contributed by atoms with van der Waals surface area (Å²) in [4.78, 5) is 14.0. The fourth-order valence-corrected chi connectivity index (χ4v) is 6.84. The Bertz CT molecular complexity index is 1430. The minimum atomic E-state index is -4.01. The lowest BCUT2D eigenvalue weighted by Gasteiger charge is -2.29. The van der Waals surface area contributed by atoms with Crippen LogP contribution in [-0.2, 0) is 10.0 Å². The molecule has 1 N–H and O–H groups in total. The first-order valence-corrected chi connectivity index (χ1v) is 14.5. The van der Waals surface area contributed by atoms with Crippen LogP contribution in [0.25, 0.3) is 11.1 Å². The second kappa shape index (κ2) is 10.8. The van der Waals surface area contributed by atoms with Gasteiger partial charge in [-0.15, -0.1) is 11.8 Å². The summed E-state index contributed by atoms with van der Waals surface area (Å²) in [5.41, 5.74) is 0.193. The Morgan fingerprint density at radius 2 is 1.81 bits per heavy atom. The van der Waals surface area contributed by atoms with Crippen molar-refractivity contribution >= 4 is 39.1 Å². The van der Waals surface area contributed by atoms with Crippen LogP contribution in [-0.4, -0.2) is 49.7 Å². The first kappa shape index (κ1) is 27.1. The number of sulfonamides is 1. The maximum absolute atomic E-state index is 15.3. The van der Waals surface area contributed by atoms with Gasteiger partial charge in [-0.3, -0.25) is 0 Å². The van der Waals surface area contributed by atoms with Crippen molar-refractivity contribution in [3.05, 3.63) is 71.8 Å². The average Bonchev–Trinajstić information content (AvgIpc) is 2.95. The van der Waals surface area contributed by atoms with Gasteiger partial charge in [-0.25, -0.2) is 22.0 Å². The van der Waals surface area contributed by atoms with Crippen molar-refractivity contribution in [2.75, 3.05) is 24.7 Å². The molecule has 1 heterocycles. The van der Waals surface area contributed by atoms with Crippen LogP contribution in [0.3, 0.4) is 0 Å². The topological polar surface area (TPSA) is 77.9 Å². The maximum Gasteiger partial charge on any atom is 0.341 e. The number of carboxylic acid groups (broad SMARTS) is 1. The van der Waals surface area contributed by atoms with Crippen molar-refractivity contribution in [3.63, 3.8) is 0 Å². The number of hydrogen-bond acceptors (Lipinski definition) is 5. The summed E-state index contributed by atoms with van der Waals surface area (Å²) in [6.07, 6.45) is 4.20. The first-order chi connectivity index (χ1) is 17.6. The van der Waals surface area contributed by atoms with Gasteiger partial charge in [0.25, 0.3) is 0 Å². The average molecular weight is 547 g/mol. The van der Waals surface area contributed by atoms with Crippen LogP contribution in [0.5, 0.6) is 0 Å². The lowest BCUT2D eigenvalue weighted by molar-refractivity contribution is 0.0686. The van der Waals surface area contributed by atoms with E-state index in [-0.39, 0.29) is 22.1 Å². The minimum Gasteiger partial charge on any atom is -0.477 e. The molecule has 1 aliphatic rings. The number of halogens is 2. The molecule has 1 atom stereocenters. The number of benzene rings is 3. The van der Waals surface area contributed by atoms with Crippen LogP contribution in [0.1, 0.15) is 36.5 Å². The summed E-state index contributed by atoms with van der Waals surface area (Å²) in [6, 6.07) is 14.3. The zero-order valence-corrected chi connectivity index (χ0v) is 22.4. The van der Waals surface area contributed by atoms with Crippen molar-refractivity contribution in [3.8, 4) is 11.1 Å². The number of unbranched alkanes of at least 4 members (excludes halogenated alkanes) is 1. The Kier molecular flexibility index (Phi) is 7.91. The summed E-state index contributed by atoms with van der Waals surface area (Å²) >= 11 is 1.27. The molecule has 0 amide bonds. The van der Waals surface area contributed by atoms with Crippen molar-refractivity contribution in [2.45, 2.75) is 42.0 Å². The molecule has 0 saturated carbocycles. The van der Waals surface area contributed by atoms with Gasteiger partial charge in [0.1, 0.15) is 22.1 Å². The number of hydrogen-bond donors (Lipinski definition) is 1. The number of nitrogens with zero attached hydrogens (tertiary/aromatic N) is 2. The Hall–Kier alpha value is -2.95. The predicted octanol–water partition coefficient (Wildman–Crippen LogP) is 6.38. The molecule has 0 spiro atoms. The van der Waals surface area contributed by atoms with Gasteiger partial charge in [0.05, 0.1) is 5.69 Å². The fraction of sp³-hybridized carbons (Fsp3) is 0.296. The van der Waals surface area contributed by atoms with Gasteiger partial charge >= 0.3 is 5.97 Å². The highest BCUT2D eigenvalue weighted by molar-refractivity contribution is 7.98. The number of para-hydroxylation sites is 1. The summed E-state index contributed by atoms with van der Waals surface area (Å²) in [5, 5.41) is 9.36. The maximum atomic E-state index is 15.3. The van der Waals surface area contributed by atoms with E-state index in [1.165, 1.54) is 22.1 Å². The largest absolute Gasteiger partial charge is 0.477 e. The third kappa shape index (κ3) is 4.97. The molecule has 3 aromatic carbocycles.